The zero-order chi connectivity index (χ0) is 21.9. The fourth-order valence-corrected chi connectivity index (χ4v) is 3.44. The molecular weight excluding hydrogens is 396 g/mol. The van der Waals surface area contributed by atoms with Crippen LogP contribution in [0, 0.1) is 0 Å². The van der Waals surface area contributed by atoms with Gasteiger partial charge in [0.05, 0.1) is 26.4 Å². The molecule has 5 atom stereocenters. The predicted octanol–water partition coefficient (Wildman–Crippen LogP) is 3.22. The Balaban J connectivity index is 1.61. The molecule has 1 fully saturated rings. The Morgan fingerprint density at radius 1 is 0.871 bits per heavy atom. The second kappa shape index (κ2) is 12.7. The highest BCUT2D eigenvalue weighted by molar-refractivity contribution is 5.14. The summed E-state index contributed by atoms with van der Waals surface area (Å²) >= 11 is 0. The first-order valence-electron chi connectivity index (χ1n) is 10.7. The van der Waals surface area contributed by atoms with Crippen LogP contribution < -0.4 is 0 Å². The Morgan fingerprint density at radius 3 is 2.16 bits per heavy atom. The highest BCUT2D eigenvalue weighted by Crippen LogP contribution is 2.26. The van der Waals surface area contributed by atoms with Crippen LogP contribution >= 0.6 is 0 Å². The lowest BCUT2D eigenvalue weighted by molar-refractivity contribution is -0.311. The molecule has 6 nitrogen and oxygen atoms in total. The molecule has 0 spiro atoms. The maximum atomic E-state index is 10.8. The van der Waals surface area contributed by atoms with Gasteiger partial charge in [-0.3, -0.25) is 0 Å². The van der Waals surface area contributed by atoms with Crippen molar-refractivity contribution in [3.05, 3.63) is 84.4 Å². The number of ether oxygens (including phenoxy) is 4. The number of aliphatic hydroxyl groups is 2. The Hall–Kier alpha value is -2.06. The predicted molar refractivity (Wildman–Crippen MR) is 117 cm³/mol. The SMILES string of the molecule is C=CCCCO[C@H]1O[C@H](COCc2ccccc2)[C@@H](O)[C@H](OCc2ccccc2)[C@@H]1O. The van der Waals surface area contributed by atoms with E-state index in [4.69, 9.17) is 18.9 Å². The second-order valence-corrected chi connectivity index (χ2v) is 7.59. The maximum Gasteiger partial charge on any atom is 0.186 e. The largest absolute Gasteiger partial charge is 0.387 e. The second-order valence-electron chi connectivity index (χ2n) is 7.59. The van der Waals surface area contributed by atoms with E-state index in [2.05, 4.69) is 6.58 Å². The molecule has 0 aromatic heterocycles. The summed E-state index contributed by atoms with van der Waals surface area (Å²) in [5.74, 6) is 0. The lowest BCUT2D eigenvalue weighted by Gasteiger charge is -2.42. The number of benzene rings is 2. The van der Waals surface area contributed by atoms with Gasteiger partial charge >= 0.3 is 0 Å². The van der Waals surface area contributed by atoms with E-state index in [1.165, 1.54) is 0 Å². The van der Waals surface area contributed by atoms with Crippen molar-refractivity contribution in [3.8, 4) is 0 Å². The van der Waals surface area contributed by atoms with Crippen LogP contribution in [-0.4, -0.2) is 54.1 Å². The fraction of sp³-hybridized carbons (Fsp3) is 0.440. The molecule has 1 saturated heterocycles. The Labute approximate surface area is 184 Å². The first-order valence-corrected chi connectivity index (χ1v) is 10.7. The Morgan fingerprint density at radius 2 is 1.52 bits per heavy atom. The van der Waals surface area contributed by atoms with E-state index < -0.39 is 30.7 Å². The topological polar surface area (TPSA) is 77.4 Å². The normalized spacial score (nSPS) is 25.9. The van der Waals surface area contributed by atoms with E-state index in [0.29, 0.717) is 13.2 Å². The third-order valence-electron chi connectivity index (χ3n) is 5.16. The highest BCUT2D eigenvalue weighted by atomic mass is 16.7. The van der Waals surface area contributed by atoms with Gasteiger partial charge in [0.15, 0.2) is 6.29 Å². The number of allylic oxidation sites excluding steroid dienone is 1. The molecule has 2 aromatic rings. The summed E-state index contributed by atoms with van der Waals surface area (Å²) in [4.78, 5) is 0. The first-order chi connectivity index (χ1) is 15.2. The Bertz CT molecular complexity index is 753. The molecule has 2 aromatic carbocycles. The summed E-state index contributed by atoms with van der Waals surface area (Å²) in [5, 5.41) is 21.6. The highest BCUT2D eigenvalue weighted by Gasteiger charge is 2.46. The summed E-state index contributed by atoms with van der Waals surface area (Å²) in [5.41, 5.74) is 1.98. The zero-order valence-corrected chi connectivity index (χ0v) is 17.7. The molecule has 168 valence electrons. The van der Waals surface area contributed by atoms with Crippen LogP contribution in [-0.2, 0) is 32.2 Å². The number of rotatable bonds is 12. The summed E-state index contributed by atoms with van der Waals surface area (Å²) < 4.78 is 23.3. The van der Waals surface area contributed by atoms with Crippen molar-refractivity contribution in [1.29, 1.82) is 0 Å². The quantitative estimate of drug-likeness (QED) is 0.399. The lowest BCUT2D eigenvalue weighted by atomic mass is 9.98. The number of hydrogen-bond donors (Lipinski definition) is 2. The third-order valence-corrected chi connectivity index (χ3v) is 5.16. The van der Waals surface area contributed by atoms with Gasteiger partial charge in [-0.2, -0.15) is 0 Å². The molecule has 0 unspecified atom stereocenters. The third kappa shape index (κ3) is 7.25. The van der Waals surface area contributed by atoms with Crippen molar-refractivity contribution in [2.24, 2.45) is 0 Å². The minimum Gasteiger partial charge on any atom is -0.387 e. The molecule has 3 rings (SSSR count). The Kier molecular flexibility index (Phi) is 9.68. The van der Waals surface area contributed by atoms with Crippen LogP contribution in [0.5, 0.6) is 0 Å². The van der Waals surface area contributed by atoms with E-state index in [1.807, 2.05) is 66.7 Å². The summed E-state index contributed by atoms with van der Waals surface area (Å²) in [6.45, 7) is 4.93. The van der Waals surface area contributed by atoms with Crippen LogP contribution in [0.2, 0.25) is 0 Å². The number of hydrogen-bond acceptors (Lipinski definition) is 6. The van der Waals surface area contributed by atoms with E-state index in [1.54, 1.807) is 0 Å². The van der Waals surface area contributed by atoms with Gasteiger partial charge in [0.2, 0.25) is 0 Å². The van der Waals surface area contributed by atoms with Crippen molar-refractivity contribution in [3.63, 3.8) is 0 Å². The molecule has 0 saturated carbocycles. The maximum absolute atomic E-state index is 10.8. The zero-order valence-electron chi connectivity index (χ0n) is 17.7. The molecule has 0 amide bonds. The van der Waals surface area contributed by atoms with Crippen LogP contribution in [0.15, 0.2) is 73.3 Å². The molecule has 0 radical (unpaired) electrons. The minimum absolute atomic E-state index is 0.153. The molecular formula is C25H32O6. The molecule has 0 aliphatic carbocycles. The summed E-state index contributed by atoms with van der Waals surface area (Å²) in [6.07, 6.45) is -1.22. The molecule has 1 aliphatic heterocycles. The smallest absolute Gasteiger partial charge is 0.186 e. The molecule has 1 heterocycles. The summed E-state index contributed by atoms with van der Waals surface area (Å²) in [7, 11) is 0. The van der Waals surface area contributed by atoms with Gasteiger partial charge in [-0.25, -0.2) is 0 Å². The van der Waals surface area contributed by atoms with Crippen molar-refractivity contribution in [2.75, 3.05) is 13.2 Å². The average Bonchev–Trinajstić information content (AvgIpc) is 2.80. The van der Waals surface area contributed by atoms with Crippen LogP contribution in [0.3, 0.4) is 0 Å². The molecule has 31 heavy (non-hydrogen) atoms. The van der Waals surface area contributed by atoms with Gasteiger partial charge in [-0.1, -0.05) is 66.7 Å². The molecule has 6 heteroatoms. The first kappa shape index (κ1) is 23.6. The summed E-state index contributed by atoms with van der Waals surface area (Å²) in [6, 6.07) is 19.4. The minimum atomic E-state index is -1.12. The van der Waals surface area contributed by atoms with Gasteiger partial charge in [-0.05, 0) is 24.0 Å². The van der Waals surface area contributed by atoms with Crippen molar-refractivity contribution < 1.29 is 29.2 Å². The van der Waals surface area contributed by atoms with E-state index in [-0.39, 0.29) is 13.2 Å². The van der Waals surface area contributed by atoms with Crippen molar-refractivity contribution >= 4 is 0 Å². The van der Waals surface area contributed by atoms with E-state index in [9.17, 15) is 10.2 Å². The van der Waals surface area contributed by atoms with Crippen molar-refractivity contribution in [1.82, 2.24) is 0 Å². The van der Waals surface area contributed by atoms with E-state index >= 15 is 0 Å². The number of aliphatic hydroxyl groups excluding tert-OH is 2. The molecule has 0 bridgehead atoms. The fourth-order valence-electron chi connectivity index (χ4n) is 3.44. The van der Waals surface area contributed by atoms with Gasteiger partial charge in [-0.15, -0.1) is 6.58 Å². The monoisotopic (exact) mass is 428 g/mol. The van der Waals surface area contributed by atoms with Crippen LogP contribution in [0.25, 0.3) is 0 Å². The van der Waals surface area contributed by atoms with Crippen LogP contribution in [0.4, 0.5) is 0 Å². The van der Waals surface area contributed by atoms with Gasteiger partial charge < -0.3 is 29.2 Å². The molecule has 1 aliphatic rings. The van der Waals surface area contributed by atoms with Gasteiger partial charge in [0, 0.05) is 0 Å². The van der Waals surface area contributed by atoms with E-state index in [0.717, 1.165) is 24.0 Å². The average molecular weight is 429 g/mol. The number of unbranched alkanes of at least 4 members (excludes halogenated alkanes) is 1. The van der Waals surface area contributed by atoms with Crippen molar-refractivity contribution in [2.45, 2.75) is 56.8 Å². The van der Waals surface area contributed by atoms with Gasteiger partial charge in [0.25, 0.3) is 0 Å². The van der Waals surface area contributed by atoms with Crippen LogP contribution in [0.1, 0.15) is 24.0 Å². The molecule has 2 N–H and O–H groups in total. The lowest BCUT2D eigenvalue weighted by Crippen LogP contribution is -2.60. The standard InChI is InChI=1S/C25H32O6/c1-2-3-10-15-29-25-23(27)24(30-17-20-13-8-5-9-14-20)22(26)21(31-25)18-28-16-19-11-6-4-7-12-19/h2,4-9,11-14,21-27H,1,3,10,15-18H2/t21-,22-,23+,24+,25+/m1/s1. The van der Waals surface area contributed by atoms with Gasteiger partial charge in [0.1, 0.15) is 24.4 Å².